The molecule has 25 heavy (non-hydrogen) atoms. The highest BCUT2D eigenvalue weighted by atomic mass is 19.1. The zero-order valence-corrected chi connectivity index (χ0v) is 15.6. The maximum absolute atomic E-state index is 12.9. The van der Waals surface area contributed by atoms with Gasteiger partial charge in [-0.3, -0.25) is 0 Å². The number of carbonyl (C=O) groups is 1. The second kappa shape index (κ2) is 10.2. The van der Waals surface area contributed by atoms with Crippen molar-refractivity contribution in [2.24, 2.45) is 0 Å². The Labute approximate surface area is 150 Å². The van der Waals surface area contributed by atoms with E-state index < -0.39 is 17.8 Å². The zero-order chi connectivity index (χ0) is 18.9. The van der Waals surface area contributed by atoms with E-state index in [2.05, 4.69) is 12.2 Å². The summed E-state index contributed by atoms with van der Waals surface area (Å²) in [6.07, 6.45) is 5.44. The van der Waals surface area contributed by atoms with E-state index in [9.17, 15) is 14.3 Å². The second-order valence-corrected chi connectivity index (χ2v) is 7.18. The van der Waals surface area contributed by atoms with Crippen molar-refractivity contribution >= 4 is 6.09 Å². The monoisotopic (exact) mass is 351 g/mol. The molecule has 2 atom stereocenters. The van der Waals surface area contributed by atoms with Crippen molar-refractivity contribution in [2.75, 3.05) is 0 Å². The van der Waals surface area contributed by atoms with Crippen molar-refractivity contribution in [2.45, 2.75) is 71.1 Å². The molecule has 0 aromatic heterocycles. The van der Waals surface area contributed by atoms with Crippen molar-refractivity contribution in [1.82, 2.24) is 5.32 Å². The number of hydrogen-bond donors (Lipinski definition) is 2. The van der Waals surface area contributed by atoms with Crippen molar-refractivity contribution in [3.05, 3.63) is 47.8 Å². The van der Waals surface area contributed by atoms with Crippen LogP contribution in [0.25, 0.3) is 0 Å². The molecule has 0 unspecified atom stereocenters. The van der Waals surface area contributed by atoms with E-state index in [1.54, 1.807) is 24.3 Å². The molecule has 0 aliphatic rings. The second-order valence-electron chi connectivity index (χ2n) is 7.18. The average Bonchev–Trinajstić information content (AvgIpc) is 2.50. The lowest BCUT2D eigenvalue weighted by molar-refractivity contribution is 0.0511. The van der Waals surface area contributed by atoms with Crippen molar-refractivity contribution in [3.8, 4) is 0 Å². The van der Waals surface area contributed by atoms with E-state index in [0.29, 0.717) is 6.42 Å². The molecule has 0 aliphatic heterocycles. The van der Waals surface area contributed by atoms with Crippen LogP contribution in [0.1, 0.15) is 52.5 Å². The van der Waals surface area contributed by atoms with Crippen LogP contribution in [0.3, 0.4) is 0 Å². The standard InChI is InChI=1S/C20H30FNO3/c1-5-6-7-17(22-19(24)25-20(2,3)4)12-13-18(23)14-15-8-10-16(21)11-9-15/h8-13,17-18,23H,5-7,14H2,1-4H3,(H,22,24)/t17-,18-/m1/s1. The molecular formula is C20H30FNO3. The lowest BCUT2D eigenvalue weighted by Gasteiger charge is -2.22. The molecule has 4 nitrogen and oxygen atoms in total. The smallest absolute Gasteiger partial charge is 0.408 e. The van der Waals surface area contributed by atoms with Crippen LogP contribution >= 0.6 is 0 Å². The quantitative estimate of drug-likeness (QED) is 0.684. The summed E-state index contributed by atoms with van der Waals surface area (Å²) in [5, 5.41) is 13.0. The molecule has 0 fully saturated rings. The van der Waals surface area contributed by atoms with Crippen LogP contribution in [-0.2, 0) is 11.2 Å². The fraction of sp³-hybridized carbons (Fsp3) is 0.550. The fourth-order valence-electron chi connectivity index (χ4n) is 2.29. The minimum atomic E-state index is -0.699. The molecule has 1 rings (SSSR count). The Hall–Kier alpha value is -1.88. The van der Waals surface area contributed by atoms with Gasteiger partial charge in [-0.05, 0) is 44.9 Å². The van der Waals surface area contributed by atoms with E-state index in [4.69, 9.17) is 4.74 Å². The molecule has 2 N–H and O–H groups in total. The number of hydrogen-bond acceptors (Lipinski definition) is 3. The van der Waals surface area contributed by atoms with Gasteiger partial charge in [0.05, 0.1) is 12.1 Å². The molecule has 1 aromatic rings. The summed E-state index contributed by atoms with van der Waals surface area (Å²) >= 11 is 0. The molecule has 0 saturated heterocycles. The molecule has 0 heterocycles. The summed E-state index contributed by atoms with van der Waals surface area (Å²) in [7, 11) is 0. The number of unbranched alkanes of at least 4 members (excludes halogenated alkanes) is 1. The number of amides is 1. The largest absolute Gasteiger partial charge is 0.444 e. The first-order chi connectivity index (χ1) is 11.7. The van der Waals surface area contributed by atoms with Crippen molar-refractivity contribution in [1.29, 1.82) is 0 Å². The molecule has 0 aliphatic carbocycles. The molecular weight excluding hydrogens is 321 g/mol. The number of alkyl carbamates (subject to hydrolysis) is 1. The van der Waals surface area contributed by atoms with Gasteiger partial charge in [0.2, 0.25) is 0 Å². The van der Waals surface area contributed by atoms with Gasteiger partial charge in [0.1, 0.15) is 11.4 Å². The summed E-state index contributed by atoms with van der Waals surface area (Å²) in [4.78, 5) is 11.9. The van der Waals surface area contributed by atoms with E-state index in [0.717, 1.165) is 24.8 Å². The van der Waals surface area contributed by atoms with Crippen LogP contribution in [0.4, 0.5) is 9.18 Å². The minimum absolute atomic E-state index is 0.197. The van der Waals surface area contributed by atoms with Gasteiger partial charge in [-0.1, -0.05) is 44.1 Å². The Bertz CT molecular complexity index is 549. The average molecular weight is 351 g/mol. The summed E-state index contributed by atoms with van der Waals surface area (Å²) in [6.45, 7) is 7.53. The normalized spacial score (nSPS) is 14.3. The molecule has 0 saturated carbocycles. The summed E-state index contributed by atoms with van der Waals surface area (Å²) in [5.41, 5.74) is 0.300. The molecule has 1 aromatic carbocycles. The molecule has 140 valence electrons. The van der Waals surface area contributed by atoms with Gasteiger partial charge in [-0.25, -0.2) is 9.18 Å². The summed E-state index contributed by atoms with van der Waals surface area (Å²) in [6, 6.07) is 5.86. The highest BCUT2D eigenvalue weighted by Gasteiger charge is 2.18. The topological polar surface area (TPSA) is 58.6 Å². The van der Waals surface area contributed by atoms with Crippen molar-refractivity contribution < 1.29 is 19.0 Å². The Morgan fingerprint density at radius 1 is 1.28 bits per heavy atom. The van der Waals surface area contributed by atoms with Crippen molar-refractivity contribution in [3.63, 3.8) is 0 Å². The summed E-state index contributed by atoms with van der Waals surface area (Å²) < 4.78 is 18.2. The number of ether oxygens (including phenoxy) is 1. The number of rotatable bonds is 8. The number of halogens is 1. The number of nitrogens with one attached hydrogen (secondary N) is 1. The van der Waals surface area contributed by atoms with Gasteiger partial charge >= 0.3 is 6.09 Å². The first-order valence-electron chi connectivity index (χ1n) is 8.80. The molecule has 0 spiro atoms. The third-order valence-corrected chi connectivity index (χ3v) is 3.49. The molecule has 0 bridgehead atoms. The lowest BCUT2D eigenvalue weighted by Crippen LogP contribution is -2.38. The minimum Gasteiger partial charge on any atom is -0.444 e. The van der Waals surface area contributed by atoms with Crippen LogP contribution in [0.5, 0.6) is 0 Å². The van der Waals surface area contributed by atoms with Gasteiger partial charge in [0.15, 0.2) is 0 Å². The lowest BCUT2D eigenvalue weighted by atomic mass is 10.0. The maximum atomic E-state index is 12.9. The summed E-state index contributed by atoms with van der Waals surface area (Å²) in [5.74, 6) is -0.296. The number of aliphatic hydroxyl groups is 1. The molecule has 0 radical (unpaired) electrons. The molecule has 1 amide bonds. The van der Waals surface area contributed by atoms with Crippen LogP contribution in [0.2, 0.25) is 0 Å². The maximum Gasteiger partial charge on any atom is 0.408 e. The first-order valence-corrected chi connectivity index (χ1v) is 8.80. The molecule has 5 heteroatoms. The Balaban J connectivity index is 2.61. The fourth-order valence-corrected chi connectivity index (χ4v) is 2.29. The third-order valence-electron chi connectivity index (χ3n) is 3.49. The third kappa shape index (κ3) is 9.87. The van der Waals surface area contributed by atoms with Crippen LogP contribution in [0.15, 0.2) is 36.4 Å². The Kier molecular flexibility index (Phi) is 8.62. The predicted molar refractivity (Wildman–Crippen MR) is 97.9 cm³/mol. The van der Waals surface area contributed by atoms with Gasteiger partial charge in [-0.15, -0.1) is 0 Å². The highest BCUT2D eigenvalue weighted by molar-refractivity contribution is 5.68. The Morgan fingerprint density at radius 2 is 1.92 bits per heavy atom. The van der Waals surface area contributed by atoms with E-state index in [1.807, 2.05) is 20.8 Å². The SMILES string of the molecule is CCCC[C@H](C=C[C@@H](O)Cc1ccc(F)cc1)NC(=O)OC(C)(C)C. The highest BCUT2D eigenvalue weighted by Crippen LogP contribution is 2.10. The predicted octanol–water partition coefficient (Wildman–Crippen LogP) is 4.37. The van der Waals surface area contributed by atoms with Crippen LogP contribution in [0, 0.1) is 5.82 Å². The van der Waals surface area contributed by atoms with Crippen LogP contribution < -0.4 is 5.32 Å². The number of carbonyl (C=O) groups excluding carboxylic acids is 1. The number of aliphatic hydroxyl groups excluding tert-OH is 1. The van der Waals surface area contributed by atoms with Gasteiger partial charge in [-0.2, -0.15) is 0 Å². The van der Waals surface area contributed by atoms with Gasteiger partial charge in [0, 0.05) is 6.42 Å². The van der Waals surface area contributed by atoms with E-state index in [-0.39, 0.29) is 11.9 Å². The van der Waals surface area contributed by atoms with Crippen LogP contribution in [-0.4, -0.2) is 28.9 Å². The zero-order valence-electron chi connectivity index (χ0n) is 15.6. The van der Waals surface area contributed by atoms with Gasteiger partial charge < -0.3 is 15.2 Å². The number of benzene rings is 1. The first kappa shape index (κ1) is 21.2. The van der Waals surface area contributed by atoms with Gasteiger partial charge in [0.25, 0.3) is 0 Å². The van der Waals surface area contributed by atoms with E-state index >= 15 is 0 Å². The Morgan fingerprint density at radius 3 is 2.48 bits per heavy atom. The van der Waals surface area contributed by atoms with E-state index in [1.165, 1.54) is 12.1 Å².